The maximum absolute atomic E-state index is 10.8. The number of nitrogens with one attached hydrogen (secondary N) is 2. The zero-order chi connectivity index (χ0) is 9.14. The summed E-state index contributed by atoms with van der Waals surface area (Å²) in [6.07, 6.45) is 1.49. The second kappa shape index (κ2) is 3.21. The van der Waals surface area contributed by atoms with Crippen LogP contribution in [0.4, 0.5) is 5.69 Å². The van der Waals surface area contributed by atoms with Crippen molar-refractivity contribution in [2.75, 3.05) is 5.32 Å². The van der Waals surface area contributed by atoms with Crippen molar-refractivity contribution in [3.8, 4) is 0 Å². The fraction of sp³-hybridized carbons (Fsp3) is 0.250. The van der Waals surface area contributed by atoms with E-state index in [1.54, 1.807) is 6.92 Å². The molecule has 0 bridgehead atoms. The number of aromatic nitrogens is 1. The van der Waals surface area contributed by atoms with Gasteiger partial charge in [0.25, 0.3) is 0 Å². The van der Waals surface area contributed by atoms with Crippen LogP contribution in [0.2, 0.25) is 0 Å². The molecular weight excluding hydrogens is 156 g/mol. The van der Waals surface area contributed by atoms with E-state index in [9.17, 15) is 9.59 Å². The molecule has 0 aliphatic carbocycles. The summed E-state index contributed by atoms with van der Waals surface area (Å²) in [5.41, 5.74) is 1.23. The van der Waals surface area contributed by atoms with Gasteiger partial charge in [-0.15, -0.1) is 0 Å². The molecule has 0 saturated heterocycles. The molecule has 1 aromatic heterocycles. The number of pyridine rings is 1. The third-order valence-corrected chi connectivity index (χ3v) is 1.44. The Hall–Kier alpha value is -1.58. The van der Waals surface area contributed by atoms with Crippen molar-refractivity contribution in [3.05, 3.63) is 28.2 Å². The Kier molecular flexibility index (Phi) is 2.28. The quantitative estimate of drug-likeness (QED) is 0.643. The molecular formula is C8H10N2O2. The van der Waals surface area contributed by atoms with Gasteiger partial charge in [-0.3, -0.25) is 9.59 Å². The first-order valence-electron chi connectivity index (χ1n) is 3.56. The van der Waals surface area contributed by atoms with E-state index in [-0.39, 0.29) is 11.5 Å². The van der Waals surface area contributed by atoms with Gasteiger partial charge in [-0.05, 0) is 12.5 Å². The van der Waals surface area contributed by atoms with Gasteiger partial charge in [-0.1, -0.05) is 0 Å². The van der Waals surface area contributed by atoms with E-state index in [2.05, 4.69) is 10.3 Å². The van der Waals surface area contributed by atoms with Gasteiger partial charge in [-0.25, -0.2) is 0 Å². The molecule has 0 saturated carbocycles. The van der Waals surface area contributed by atoms with Crippen LogP contribution in [0.1, 0.15) is 12.5 Å². The van der Waals surface area contributed by atoms with E-state index in [1.165, 1.54) is 19.2 Å². The highest BCUT2D eigenvalue weighted by molar-refractivity contribution is 5.89. The highest BCUT2D eigenvalue weighted by atomic mass is 16.1. The SMILES string of the molecule is CC(=O)Nc1c[nH]c(=O)cc1C. The Bertz CT molecular complexity index is 354. The van der Waals surface area contributed by atoms with Gasteiger partial charge in [0.15, 0.2) is 0 Å². The third kappa shape index (κ3) is 1.95. The van der Waals surface area contributed by atoms with Crippen molar-refractivity contribution < 1.29 is 4.79 Å². The smallest absolute Gasteiger partial charge is 0.248 e. The summed E-state index contributed by atoms with van der Waals surface area (Å²) in [5, 5.41) is 2.59. The normalized spacial score (nSPS) is 9.50. The van der Waals surface area contributed by atoms with Gasteiger partial charge in [0.05, 0.1) is 5.69 Å². The first-order valence-corrected chi connectivity index (χ1v) is 3.56. The van der Waals surface area contributed by atoms with Crippen LogP contribution in [-0.2, 0) is 4.79 Å². The van der Waals surface area contributed by atoms with E-state index in [4.69, 9.17) is 0 Å². The van der Waals surface area contributed by atoms with Gasteiger partial charge in [0, 0.05) is 19.2 Å². The number of H-pyrrole nitrogens is 1. The van der Waals surface area contributed by atoms with Gasteiger partial charge in [0.1, 0.15) is 0 Å². The van der Waals surface area contributed by atoms with E-state index >= 15 is 0 Å². The summed E-state index contributed by atoms with van der Waals surface area (Å²) in [5.74, 6) is -0.148. The number of carbonyl (C=O) groups excluding carboxylic acids is 1. The maximum Gasteiger partial charge on any atom is 0.248 e. The van der Waals surface area contributed by atoms with Crippen LogP contribution in [0, 0.1) is 6.92 Å². The number of carbonyl (C=O) groups is 1. The molecule has 0 unspecified atom stereocenters. The third-order valence-electron chi connectivity index (χ3n) is 1.44. The largest absolute Gasteiger partial charge is 0.327 e. The highest BCUT2D eigenvalue weighted by Crippen LogP contribution is 2.08. The molecule has 0 aromatic carbocycles. The van der Waals surface area contributed by atoms with Crippen LogP contribution in [-0.4, -0.2) is 10.9 Å². The summed E-state index contributed by atoms with van der Waals surface area (Å²) < 4.78 is 0. The monoisotopic (exact) mass is 166 g/mol. The van der Waals surface area contributed by atoms with Crippen molar-refractivity contribution in [1.29, 1.82) is 0 Å². The van der Waals surface area contributed by atoms with Crippen LogP contribution in [0.25, 0.3) is 0 Å². The lowest BCUT2D eigenvalue weighted by molar-refractivity contribution is -0.114. The Morgan fingerprint density at radius 3 is 2.75 bits per heavy atom. The van der Waals surface area contributed by atoms with Crippen molar-refractivity contribution in [1.82, 2.24) is 4.98 Å². The van der Waals surface area contributed by atoms with Crippen LogP contribution in [0.5, 0.6) is 0 Å². The minimum Gasteiger partial charge on any atom is -0.327 e. The molecule has 1 amide bonds. The van der Waals surface area contributed by atoms with E-state index in [1.807, 2.05) is 0 Å². The average molecular weight is 166 g/mol. The van der Waals surface area contributed by atoms with Crippen LogP contribution in [0.15, 0.2) is 17.1 Å². The molecule has 0 aliphatic rings. The maximum atomic E-state index is 10.8. The van der Waals surface area contributed by atoms with Crippen LogP contribution >= 0.6 is 0 Å². The molecule has 0 radical (unpaired) electrons. The minimum atomic E-state index is -0.165. The molecule has 12 heavy (non-hydrogen) atoms. The van der Waals surface area contributed by atoms with Gasteiger partial charge in [-0.2, -0.15) is 0 Å². The highest BCUT2D eigenvalue weighted by Gasteiger charge is 1.99. The topological polar surface area (TPSA) is 62.0 Å². The second-order valence-electron chi connectivity index (χ2n) is 2.58. The first-order chi connectivity index (χ1) is 5.59. The number of rotatable bonds is 1. The molecule has 1 aromatic rings. The summed E-state index contributed by atoms with van der Waals surface area (Å²) in [6, 6.07) is 1.44. The lowest BCUT2D eigenvalue weighted by Crippen LogP contribution is -2.11. The second-order valence-corrected chi connectivity index (χ2v) is 2.58. The van der Waals surface area contributed by atoms with E-state index in [0.29, 0.717) is 5.69 Å². The van der Waals surface area contributed by atoms with Gasteiger partial charge < -0.3 is 10.3 Å². The number of hydrogen-bond donors (Lipinski definition) is 2. The van der Waals surface area contributed by atoms with Crippen LogP contribution in [0.3, 0.4) is 0 Å². The standard InChI is InChI=1S/C8H10N2O2/c1-5-3-8(12)9-4-7(5)10-6(2)11/h3-4H,1-2H3,(H,9,12)(H,10,11). The Morgan fingerprint density at radius 1 is 1.58 bits per heavy atom. The zero-order valence-electron chi connectivity index (χ0n) is 6.97. The van der Waals surface area contributed by atoms with Gasteiger partial charge >= 0.3 is 0 Å². The number of amides is 1. The van der Waals surface area contributed by atoms with Crippen molar-refractivity contribution >= 4 is 11.6 Å². The predicted molar refractivity (Wildman–Crippen MR) is 46.1 cm³/mol. The summed E-state index contributed by atoms with van der Waals surface area (Å²) in [4.78, 5) is 23.9. The Balaban J connectivity index is 3.01. The predicted octanol–water partition coefficient (Wildman–Crippen LogP) is 0.642. The zero-order valence-corrected chi connectivity index (χ0v) is 6.97. The van der Waals surface area contributed by atoms with Crippen molar-refractivity contribution in [2.45, 2.75) is 13.8 Å². The fourth-order valence-electron chi connectivity index (χ4n) is 0.898. The van der Waals surface area contributed by atoms with Gasteiger partial charge in [0.2, 0.25) is 11.5 Å². The fourth-order valence-corrected chi connectivity index (χ4v) is 0.898. The summed E-state index contributed by atoms with van der Waals surface area (Å²) in [6.45, 7) is 3.19. The summed E-state index contributed by atoms with van der Waals surface area (Å²) in [7, 11) is 0. The van der Waals surface area contributed by atoms with Crippen molar-refractivity contribution in [3.63, 3.8) is 0 Å². The molecule has 0 aliphatic heterocycles. The molecule has 64 valence electrons. The molecule has 0 spiro atoms. The molecule has 1 heterocycles. The first kappa shape index (κ1) is 8.52. The minimum absolute atomic E-state index is 0.148. The lowest BCUT2D eigenvalue weighted by Gasteiger charge is -2.03. The lowest BCUT2D eigenvalue weighted by atomic mass is 10.2. The average Bonchev–Trinajstić information content (AvgIpc) is 1.94. The molecule has 0 atom stereocenters. The molecule has 2 N–H and O–H groups in total. The summed E-state index contributed by atoms with van der Waals surface area (Å²) >= 11 is 0. The Labute approximate surface area is 69.6 Å². The molecule has 4 nitrogen and oxygen atoms in total. The van der Waals surface area contributed by atoms with Crippen LogP contribution < -0.4 is 10.9 Å². The number of hydrogen-bond acceptors (Lipinski definition) is 2. The van der Waals surface area contributed by atoms with E-state index < -0.39 is 0 Å². The Morgan fingerprint density at radius 2 is 2.25 bits per heavy atom. The number of aromatic amines is 1. The number of anilines is 1. The molecule has 4 heteroatoms. The number of aryl methyl sites for hydroxylation is 1. The van der Waals surface area contributed by atoms with Crippen molar-refractivity contribution in [2.24, 2.45) is 0 Å². The van der Waals surface area contributed by atoms with E-state index in [0.717, 1.165) is 5.56 Å². The molecule has 1 rings (SSSR count). The molecule has 0 fully saturated rings.